The molecule has 1 saturated heterocycles. The van der Waals surface area contributed by atoms with Gasteiger partial charge in [0, 0.05) is 21.1 Å². The third-order valence-corrected chi connectivity index (χ3v) is 6.75. The maximum atomic E-state index is 14.6. The van der Waals surface area contributed by atoms with Crippen LogP contribution in [-0.2, 0) is 0 Å². The molecule has 4 nitrogen and oxygen atoms in total. The summed E-state index contributed by atoms with van der Waals surface area (Å²) in [6.07, 6.45) is 3.46. The van der Waals surface area contributed by atoms with Crippen LogP contribution in [0.25, 0.3) is 0 Å². The van der Waals surface area contributed by atoms with Gasteiger partial charge in [0.25, 0.3) is 0 Å². The van der Waals surface area contributed by atoms with E-state index in [9.17, 15) is 23.1 Å². The Kier molecular flexibility index (Phi) is 6.09. The van der Waals surface area contributed by atoms with Crippen LogP contribution >= 0.6 is 22.6 Å². The number of benzene rings is 2. The molecule has 2 aromatic rings. The third kappa shape index (κ3) is 4.09. The second kappa shape index (κ2) is 8.47. The van der Waals surface area contributed by atoms with Crippen molar-refractivity contribution in [1.29, 1.82) is 0 Å². The maximum Gasteiger partial charge on any atom is 0.182 e. The standard InChI is InChI=1S/C22H22F3IN2O2/c23-15-6-5-14(20(19(15)25)28-17-7-4-13(26)9-16(17)24)21(29)12-10-22(30,11-12)18-3-1-2-8-27-18/h4-7,9,12,18,27-28,30H,1-3,8,10-11H2/t12?,18-,22?/m0/s1. The molecule has 0 aromatic heterocycles. The average molecular weight is 530 g/mol. The molecular formula is C22H22F3IN2O2. The number of nitrogens with one attached hydrogen (secondary N) is 2. The zero-order chi connectivity index (χ0) is 21.5. The van der Waals surface area contributed by atoms with E-state index in [0.717, 1.165) is 31.9 Å². The molecule has 3 N–H and O–H groups in total. The van der Waals surface area contributed by atoms with Crippen molar-refractivity contribution in [3.8, 4) is 0 Å². The van der Waals surface area contributed by atoms with Crippen molar-refractivity contribution in [3.05, 3.63) is 56.9 Å². The monoisotopic (exact) mass is 530 g/mol. The Morgan fingerprint density at radius 3 is 2.57 bits per heavy atom. The molecule has 160 valence electrons. The van der Waals surface area contributed by atoms with E-state index in [2.05, 4.69) is 10.6 Å². The van der Waals surface area contributed by atoms with Gasteiger partial charge in [-0.05, 0) is 85.2 Å². The van der Waals surface area contributed by atoms with E-state index in [1.807, 2.05) is 22.6 Å². The first-order chi connectivity index (χ1) is 14.3. The van der Waals surface area contributed by atoms with Gasteiger partial charge in [-0.2, -0.15) is 0 Å². The van der Waals surface area contributed by atoms with Gasteiger partial charge in [0.2, 0.25) is 0 Å². The topological polar surface area (TPSA) is 61.4 Å². The minimum atomic E-state index is -1.23. The Hall–Kier alpha value is -1.65. The van der Waals surface area contributed by atoms with E-state index in [1.54, 1.807) is 6.07 Å². The summed E-state index contributed by atoms with van der Waals surface area (Å²) in [7, 11) is 0. The van der Waals surface area contributed by atoms with E-state index < -0.39 is 29.0 Å². The summed E-state index contributed by atoms with van der Waals surface area (Å²) in [4.78, 5) is 13.1. The average Bonchev–Trinajstić information content (AvgIpc) is 2.71. The number of hydrogen-bond donors (Lipinski definition) is 3. The Morgan fingerprint density at radius 1 is 1.13 bits per heavy atom. The van der Waals surface area contributed by atoms with Crippen LogP contribution in [0.5, 0.6) is 0 Å². The fraction of sp³-hybridized carbons (Fsp3) is 0.409. The number of halogens is 4. The Bertz CT molecular complexity index is 973. The lowest BCUT2D eigenvalue weighted by molar-refractivity contribution is -0.0948. The third-order valence-electron chi connectivity index (χ3n) is 6.08. The highest BCUT2D eigenvalue weighted by molar-refractivity contribution is 14.1. The zero-order valence-electron chi connectivity index (χ0n) is 16.2. The number of piperidine rings is 1. The van der Waals surface area contributed by atoms with Gasteiger partial charge < -0.3 is 15.7 Å². The minimum absolute atomic E-state index is 0.0458. The molecule has 0 radical (unpaired) electrons. The van der Waals surface area contributed by atoms with E-state index in [0.29, 0.717) is 3.57 Å². The van der Waals surface area contributed by atoms with Gasteiger partial charge in [0.15, 0.2) is 17.4 Å². The lowest BCUT2D eigenvalue weighted by Gasteiger charge is -2.49. The Morgan fingerprint density at radius 2 is 1.90 bits per heavy atom. The molecule has 2 aliphatic rings. The first-order valence-corrected chi connectivity index (χ1v) is 11.1. The van der Waals surface area contributed by atoms with E-state index >= 15 is 0 Å². The highest BCUT2D eigenvalue weighted by Crippen LogP contribution is 2.45. The molecule has 1 atom stereocenters. The van der Waals surface area contributed by atoms with Crippen LogP contribution in [0.3, 0.4) is 0 Å². The molecule has 30 heavy (non-hydrogen) atoms. The molecule has 2 fully saturated rings. The zero-order valence-corrected chi connectivity index (χ0v) is 18.3. The number of ketones is 1. The van der Waals surface area contributed by atoms with Gasteiger partial charge in [-0.15, -0.1) is 0 Å². The molecule has 1 saturated carbocycles. The number of carbonyl (C=O) groups is 1. The first kappa shape index (κ1) is 21.6. The lowest BCUT2D eigenvalue weighted by Crippen LogP contribution is -2.61. The fourth-order valence-corrected chi connectivity index (χ4v) is 4.85. The molecular weight excluding hydrogens is 508 g/mol. The summed E-state index contributed by atoms with van der Waals surface area (Å²) in [5, 5.41) is 16.7. The molecule has 0 amide bonds. The molecule has 0 spiro atoms. The lowest BCUT2D eigenvalue weighted by atomic mass is 9.63. The Labute approximate surface area is 186 Å². The fourth-order valence-electron chi connectivity index (χ4n) is 4.40. The number of rotatable bonds is 5. The predicted octanol–water partition coefficient (Wildman–Crippen LogP) is 4.92. The minimum Gasteiger partial charge on any atom is -0.388 e. The summed E-state index contributed by atoms with van der Waals surface area (Å²) in [6.45, 7) is 0.838. The second-order valence-corrected chi connectivity index (χ2v) is 9.35. The van der Waals surface area contributed by atoms with Crippen LogP contribution in [0.1, 0.15) is 42.5 Å². The molecule has 1 heterocycles. The normalized spacial score (nSPS) is 26.2. The highest BCUT2D eigenvalue weighted by atomic mass is 127. The number of hydrogen-bond acceptors (Lipinski definition) is 4. The quantitative estimate of drug-likeness (QED) is 0.380. The van der Waals surface area contributed by atoms with Crippen LogP contribution in [0.4, 0.5) is 24.5 Å². The van der Waals surface area contributed by atoms with Crippen molar-refractivity contribution in [3.63, 3.8) is 0 Å². The van der Waals surface area contributed by atoms with Gasteiger partial charge in [-0.25, -0.2) is 13.2 Å². The molecule has 0 bridgehead atoms. The van der Waals surface area contributed by atoms with E-state index in [4.69, 9.17) is 0 Å². The molecule has 0 unspecified atom stereocenters. The van der Waals surface area contributed by atoms with Gasteiger partial charge in [-0.1, -0.05) is 6.42 Å². The van der Waals surface area contributed by atoms with Crippen molar-refractivity contribution in [2.45, 2.75) is 43.7 Å². The van der Waals surface area contributed by atoms with E-state index in [1.165, 1.54) is 18.2 Å². The molecule has 1 aliphatic heterocycles. The summed E-state index contributed by atoms with van der Waals surface area (Å²) in [5.74, 6) is -3.88. The van der Waals surface area contributed by atoms with Crippen LogP contribution < -0.4 is 10.6 Å². The van der Waals surface area contributed by atoms with Gasteiger partial charge in [0.05, 0.1) is 17.0 Å². The van der Waals surface area contributed by atoms with Crippen molar-refractivity contribution < 1.29 is 23.1 Å². The predicted molar refractivity (Wildman–Crippen MR) is 116 cm³/mol. The van der Waals surface area contributed by atoms with Gasteiger partial charge in [-0.3, -0.25) is 4.79 Å². The number of anilines is 2. The highest BCUT2D eigenvalue weighted by Gasteiger charge is 2.51. The molecule has 2 aromatic carbocycles. The largest absolute Gasteiger partial charge is 0.388 e. The second-order valence-electron chi connectivity index (χ2n) is 8.11. The first-order valence-electron chi connectivity index (χ1n) is 9.98. The Balaban J connectivity index is 1.57. The summed E-state index contributed by atoms with van der Waals surface area (Å²) in [5.41, 5.74) is -1.44. The number of aliphatic hydroxyl groups is 1. The molecule has 1 aliphatic carbocycles. The molecule has 8 heteroatoms. The van der Waals surface area contributed by atoms with Crippen molar-refractivity contribution in [2.24, 2.45) is 5.92 Å². The molecule has 4 rings (SSSR count). The number of carbonyl (C=O) groups excluding carboxylic acids is 1. The summed E-state index contributed by atoms with van der Waals surface area (Å²) >= 11 is 1.94. The van der Waals surface area contributed by atoms with Crippen molar-refractivity contribution in [1.82, 2.24) is 5.32 Å². The van der Waals surface area contributed by atoms with Crippen LogP contribution in [0.15, 0.2) is 30.3 Å². The van der Waals surface area contributed by atoms with Crippen LogP contribution in [0, 0.1) is 26.9 Å². The van der Waals surface area contributed by atoms with Gasteiger partial charge >= 0.3 is 0 Å². The smallest absolute Gasteiger partial charge is 0.182 e. The van der Waals surface area contributed by atoms with Crippen molar-refractivity contribution >= 4 is 39.7 Å². The maximum absolute atomic E-state index is 14.6. The SMILES string of the molecule is O=C(c1ccc(F)c(F)c1Nc1ccc(I)cc1F)C1CC(O)([C@@H]2CCCCN2)C1. The van der Waals surface area contributed by atoms with E-state index in [-0.39, 0.29) is 41.6 Å². The van der Waals surface area contributed by atoms with Crippen LogP contribution in [0.2, 0.25) is 0 Å². The van der Waals surface area contributed by atoms with Gasteiger partial charge in [0.1, 0.15) is 5.82 Å². The summed E-state index contributed by atoms with van der Waals surface area (Å²) < 4.78 is 43.3. The number of Topliss-reactive ketones (excluding diaryl/α,β-unsaturated/α-hetero) is 1. The van der Waals surface area contributed by atoms with Crippen molar-refractivity contribution in [2.75, 3.05) is 11.9 Å². The van der Waals surface area contributed by atoms with Crippen LogP contribution in [-0.4, -0.2) is 29.1 Å². The summed E-state index contributed by atoms with van der Waals surface area (Å²) in [6, 6.07) is 6.33.